The maximum absolute atomic E-state index is 14.6. The second-order valence-electron chi connectivity index (χ2n) is 6.62. The van der Waals surface area contributed by atoms with E-state index in [4.69, 9.17) is 5.11 Å². The van der Waals surface area contributed by atoms with Gasteiger partial charge in [0.25, 0.3) is 5.91 Å². The van der Waals surface area contributed by atoms with Gasteiger partial charge >= 0.3 is 12.1 Å². The summed E-state index contributed by atoms with van der Waals surface area (Å²) in [5, 5.41) is 9.03. The molecule has 1 aliphatic heterocycles. The Balaban J connectivity index is 1.78. The zero-order valence-electron chi connectivity index (χ0n) is 13.2. The average molecular weight is 359 g/mol. The Hall–Kier alpha value is -2.12. The number of carboxylic acid groups (broad SMARTS) is 1. The standard InChI is InChI=1S/C17H17F4NO3/c18-15(9-1-4-11(5-2-9)17(19,20)21)16(25)22-12-6-3-10(7-12)13(22)8-14(23)24/h1-2,4-5,10,12-13,15H,3,6-8H2,(H,23,24)/t10-,12+,13+,15?/m0/s1. The summed E-state index contributed by atoms with van der Waals surface area (Å²) < 4.78 is 52.3. The minimum Gasteiger partial charge on any atom is -0.481 e. The number of rotatable bonds is 4. The van der Waals surface area contributed by atoms with Gasteiger partial charge in [0, 0.05) is 12.1 Å². The van der Waals surface area contributed by atoms with Gasteiger partial charge in [0.2, 0.25) is 6.17 Å². The number of piperidine rings is 1. The number of fused-ring (bicyclic) bond motifs is 2. The third kappa shape index (κ3) is 3.34. The number of carbonyl (C=O) groups is 2. The van der Waals surface area contributed by atoms with Gasteiger partial charge in [0.15, 0.2) is 0 Å². The first kappa shape index (κ1) is 17.7. The zero-order valence-corrected chi connectivity index (χ0v) is 13.2. The number of alkyl halides is 4. The molecular weight excluding hydrogens is 342 g/mol. The first-order chi connectivity index (χ1) is 11.7. The summed E-state index contributed by atoms with van der Waals surface area (Å²) in [7, 11) is 0. The van der Waals surface area contributed by atoms with Gasteiger partial charge in [-0.05, 0) is 42.9 Å². The van der Waals surface area contributed by atoms with Crippen molar-refractivity contribution >= 4 is 11.9 Å². The molecule has 1 amide bonds. The molecule has 0 radical (unpaired) electrons. The van der Waals surface area contributed by atoms with Gasteiger partial charge in [0.05, 0.1) is 12.0 Å². The molecule has 1 saturated heterocycles. The average Bonchev–Trinajstić information content (AvgIpc) is 3.13. The van der Waals surface area contributed by atoms with Crippen LogP contribution in [0.1, 0.15) is 43.0 Å². The molecule has 1 saturated carbocycles. The third-order valence-corrected chi connectivity index (χ3v) is 5.13. The minimum absolute atomic E-state index is 0.0462. The lowest BCUT2D eigenvalue weighted by atomic mass is 9.95. The summed E-state index contributed by atoms with van der Waals surface area (Å²) in [5.74, 6) is -1.87. The lowest BCUT2D eigenvalue weighted by molar-refractivity contribution is -0.145. The van der Waals surface area contributed by atoms with Crippen LogP contribution in [0.5, 0.6) is 0 Å². The van der Waals surface area contributed by atoms with Crippen LogP contribution in [0.25, 0.3) is 0 Å². The topological polar surface area (TPSA) is 57.6 Å². The van der Waals surface area contributed by atoms with E-state index in [1.165, 1.54) is 4.90 Å². The molecule has 3 rings (SSSR count). The number of aliphatic carboxylic acids is 1. The smallest absolute Gasteiger partial charge is 0.416 e. The molecule has 1 N–H and O–H groups in total. The summed E-state index contributed by atoms with van der Waals surface area (Å²) in [5.41, 5.74) is -1.07. The van der Waals surface area contributed by atoms with Crippen molar-refractivity contribution in [1.82, 2.24) is 4.90 Å². The predicted octanol–water partition coefficient (Wildman–Crippen LogP) is 3.57. The zero-order chi connectivity index (χ0) is 18.4. The molecule has 136 valence electrons. The van der Waals surface area contributed by atoms with E-state index < -0.39 is 35.8 Å². The van der Waals surface area contributed by atoms with E-state index in [2.05, 4.69) is 0 Å². The van der Waals surface area contributed by atoms with Crippen LogP contribution in [-0.2, 0) is 15.8 Å². The lowest BCUT2D eigenvalue weighted by Gasteiger charge is -2.35. The molecule has 2 fully saturated rings. The molecular formula is C17H17F4NO3. The van der Waals surface area contributed by atoms with Gasteiger partial charge in [-0.15, -0.1) is 0 Å². The molecule has 0 spiro atoms. The van der Waals surface area contributed by atoms with Crippen molar-refractivity contribution in [3.8, 4) is 0 Å². The van der Waals surface area contributed by atoms with Crippen LogP contribution < -0.4 is 0 Å². The van der Waals surface area contributed by atoms with Crippen LogP contribution in [0.15, 0.2) is 24.3 Å². The maximum Gasteiger partial charge on any atom is 0.416 e. The fourth-order valence-electron chi connectivity index (χ4n) is 3.99. The van der Waals surface area contributed by atoms with E-state index in [1.54, 1.807) is 0 Å². The number of likely N-dealkylation sites (tertiary alicyclic amines) is 1. The molecule has 1 aromatic carbocycles. The first-order valence-electron chi connectivity index (χ1n) is 8.03. The minimum atomic E-state index is -4.53. The fourth-order valence-corrected chi connectivity index (χ4v) is 3.99. The van der Waals surface area contributed by atoms with Gasteiger partial charge in [-0.3, -0.25) is 9.59 Å². The lowest BCUT2D eigenvalue weighted by Crippen LogP contribution is -2.47. The van der Waals surface area contributed by atoms with E-state index in [1.807, 2.05) is 0 Å². The van der Waals surface area contributed by atoms with Crippen LogP contribution >= 0.6 is 0 Å². The maximum atomic E-state index is 14.6. The van der Waals surface area contributed by atoms with Crippen molar-refractivity contribution in [3.63, 3.8) is 0 Å². The van der Waals surface area contributed by atoms with Gasteiger partial charge in [-0.25, -0.2) is 4.39 Å². The molecule has 1 aromatic rings. The normalized spacial score (nSPS) is 26.7. The number of carbonyl (C=O) groups excluding carboxylic acids is 1. The number of nitrogens with zero attached hydrogens (tertiary/aromatic N) is 1. The Labute approximate surface area is 141 Å². The van der Waals surface area contributed by atoms with Crippen LogP contribution in [0.4, 0.5) is 17.6 Å². The van der Waals surface area contributed by atoms with Gasteiger partial charge in [0.1, 0.15) is 0 Å². The van der Waals surface area contributed by atoms with E-state index >= 15 is 0 Å². The van der Waals surface area contributed by atoms with Crippen molar-refractivity contribution in [1.29, 1.82) is 0 Å². The Morgan fingerprint density at radius 3 is 2.40 bits per heavy atom. The number of hydrogen-bond donors (Lipinski definition) is 1. The van der Waals surface area contributed by atoms with Gasteiger partial charge in [-0.2, -0.15) is 13.2 Å². The number of halogens is 4. The first-order valence-corrected chi connectivity index (χ1v) is 8.03. The third-order valence-electron chi connectivity index (χ3n) is 5.13. The number of amides is 1. The second kappa shape index (κ2) is 6.31. The molecule has 2 bridgehead atoms. The summed E-state index contributed by atoms with van der Waals surface area (Å²) in [6.45, 7) is 0. The van der Waals surface area contributed by atoms with E-state index in [-0.39, 0.29) is 23.9 Å². The summed E-state index contributed by atoms with van der Waals surface area (Å²) in [4.78, 5) is 24.9. The van der Waals surface area contributed by atoms with Crippen molar-refractivity contribution in [2.24, 2.45) is 5.92 Å². The Bertz CT molecular complexity index is 673. The highest BCUT2D eigenvalue weighted by atomic mass is 19.4. The molecule has 2 aliphatic rings. The highest BCUT2D eigenvalue weighted by Crippen LogP contribution is 2.45. The largest absolute Gasteiger partial charge is 0.481 e. The Morgan fingerprint density at radius 1 is 1.20 bits per heavy atom. The number of hydrogen-bond acceptors (Lipinski definition) is 2. The molecule has 1 aliphatic carbocycles. The summed E-state index contributed by atoms with van der Waals surface area (Å²) >= 11 is 0. The Morgan fingerprint density at radius 2 is 1.84 bits per heavy atom. The van der Waals surface area contributed by atoms with Crippen LogP contribution in [0.2, 0.25) is 0 Å². The van der Waals surface area contributed by atoms with E-state index in [0.29, 0.717) is 12.8 Å². The van der Waals surface area contributed by atoms with Crippen molar-refractivity contribution in [3.05, 3.63) is 35.4 Å². The molecule has 4 atom stereocenters. The number of benzene rings is 1. The van der Waals surface area contributed by atoms with Crippen LogP contribution in [-0.4, -0.2) is 34.0 Å². The molecule has 1 unspecified atom stereocenters. The van der Waals surface area contributed by atoms with Crippen LogP contribution in [0, 0.1) is 5.92 Å². The van der Waals surface area contributed by atoms with Gasteiger partial charge < -0.3 is 10.0 Å². The SMILES string of the molecule is O=C(O)C[C@@H]1[C@H]2CC[C@H](C2)N1C(=O)C(F)c1ccc(C(F)(F)F)cc1. The summed E-state index contributed by atoms with van der Waals surface area (Å²) in [6.07, 6.45) is -4.71. The quantitative estimate of drug-likeness (QED) is 0.836. The molecule has 0 aromatic heterocycles. The second-order valence-corrected chi connectivity index (χ2v) is 6.62. The van der Waals surface area contributed by atoms with Crippen molar-refractivity contribution in [2.75, 3.05) is 0 Å². The fraction of sp³-hybridized carbons (Fsp3) is 0.529. The number of carboxylic acids is 1. The predicted molar refractivity (Wildman–Crippen MR) is 79.3 cm³/mol. The highest BCUT2D eigenvalue weighted by molar-refractivity contribution is 5.84. The molecule has 8 heteroatoms. The molecule has 4 nitrogen and oxygen atoms in total. The monoisotopic (exact) mass is 359 g/mol. The van der Waals surface area contributed by atoms with E-state index in [9.17, 15) is 27.2 Å². The van der Waals surface area contributed by atoms with Crippen molar-refractivity contribution < 1.29 is 32.3 Å². The van der Waals surface area contributed by atoms with Gasteiger partial charge in [-0.1, -0.05) is 12.1 Å². The Kier molecular flexibility index (Phi) is 4.47. The highest BCUT2D eigenvalue weighted by Gasteiger charge is 2.50. The molecule has 25 heavy (non-hydrogen) atoms. The summed E-state index contributed by atoms with van der Waals surface area (Å²) in [6, 6.07) is 2.64. The van der Waals surface area contributed by atoms with Crippen molar-refractivity contribution in [2.45, 2.75) is 50.1 Å². The molecule has 1 heterocycles. The van der Waals surface area contributed by atoms with Crippen LogP contribution in [0.3, 0.4) is 0 Å². The van der Waals surface area contributed by atoms with E-state index in [0.717, 1.165) is 30.7 Å².